The lowest BCUT2D eigenvalue weighted by Gasteiger charge is -2.29. The van der Waals surface area contributed by atoms with Crippen molar-refractivity contribution >= 4 is 18.2 Å². The summed E-state index contributed by atoms with van der Waals surface area (Å²) in [5.41, 5.74) is -1.25. The van der Waals surface area contributed by atoms with Gasteiger partial charge >= 0.3 is 18.2 Å². The second-order valence-electron chi connectivity index (χ2n) is 8.32. The third-order valence-corrected chi connectivity index (χ3v) is 3.49. The maximum atomic E-state index is 12.7. The van der Waals surface area contributed by atoms with E-state index in [0.717, 1.165) is 0 Å². The number of hydrogen-bond acceptors (Lipinski definition) is 7. The summed E-state index contributed by atoms with van der Waals surface area (Å²) in [6.45, 7) is 13.2. The predicted octanol–water partition coefficient (Wildman–Crippen LogP) is 3.13. The summed E-state index contributed by atoms with van der Waals surface area (Å²) in [4.78, 5) is 27.9. The zero-order valence-electron chi connectivity index (χ0n) is 16.5. The van der Waals surface area contributed by atoms with Crippen LogP contribution in [0.25, 0.3) is 0 Å². The molecule has 146 valence electrons. The van der Waals surface area contributed by atoms with Crippen molar-refractivity contribution in [3.63, 3.8) is 0 Å². The quantitative estimate of drug-likeness (QED) is 0.791. The molecular weight excluding hydrogens is 340 g/mol. The van der Waals surface area contributed by atoms with Crippen LogP contribution >= 0.6 is 0 Å². The summed E-state index contributed by atoms with van der Waals surface area (Å²) in [5, 5.41) is 7.73. The van der Waals surface area contributed by atoms with Gasteiger partial charge in [-0.1, -0.05) is 5.10 Å². The first-order chi connectivity index (χ1) is 11.9. The Labute approximate surface area is 153 Å². The highest BCUT2D eigenvalue weighted by molar-refractivity contribution is 5.86. The van der Waals surface area contributed by atoms with Crippen LogP contribution in [0.2, 0.25) is 0 Å². The third-order valence-electron chi connectivity index (χ3n) is 3.49. The van der Waals surface area contributed by atoms with Crippen molar-refractivity contribution in [2.24, 2.45) is 0 Å². The molecule has 0 spiro atoms. The SMILES string of the molecule is Cc1nnc(N(C(=O)OC(C)(C)C)C2CCN(C(=O)OC(C)(C)C)C2)o1. The molecule has 0 aliphatic carbocycles. The molecule has 1 aromatic rings. The Balaban J connectivity index is 2.16. The molecule has 0 saturated carbocycles. The van der Waals surface area contributed by atoms with Crippen LogP contribution in [0.3, 0.4) is 0 Å². The zero-order chi connectivity index (χ0) is 19.7. The molecule has 2 rings (SSSR count). The van der Waals surface area contributed by atoms with Gasteiger partial charge in [-0.25, -0.2) is 14.5 Å². The van der Waals surface area contributed by atoms with Crippen molar-refractivity contribution in [1.29, 1.82) is 0 Å². The molecule has 0 radical (unpaired) electrons. The second-order valence-corrected chi connectivity index (χ2v) is 8.32. The molecule has 0 bridgehead atoms. The van der Waals surface area contributed by atoms with E-state index < -0.39 is 23.4 Å². The molecule has 2 amide bonds. The number of nitrogens with zero attached hydrogens (tertiary/aromatic N) is 4. The molecule has 9 nitrogen and oxygen atoms in total. The number of rotatable bonds is 2. The van der Waals surface area contributed by atoms with Crippen LogP contribution in [0.5, 0.6) is 0 Å². The lowest BCUT2D eigenvalue weighted by atomic mass is 10.2. The summed E-state index contributed by atoms with van der Waals surface area (Å²) in [7, 11) is 0. The van der Waals surface area contributed by atoms with Gasteiger partial charge in [0.1, 0.15) is 11.2 Å². The first-order valence-electron chi connectivity index (χ1n) is 8.66. The average Bonchev–Trinajstić information content (AvgIpc) is 3.05. The minimum absolute atomic E-state index is 0.0628. The van der Waals surface area contributed by atoms with Gasteiger partial charge in [0.15, 0.2) is 0 Å². The van der Waals surface area contributed by atoms with E-state index in [2.05, 4.69) is 10.2 Å². The van der Waals surface area contributed by atoms with Gasteiger partial charge in [-0.05, 0) is 48.0 Å². The van der Waals surface area contributed by atoms with E-state index in [-0.39, 0.29) is 12.1 Å². The Hall–Kier alpha value is -2.32. The molecule has 1 atom stereocenters. The number of aryl methyl sites for hydroxylation is 1. The first-order valence-corrected chi connectivity index (χ1v) is 8.66. The minimum atomic E-state index is -0.673. The van der Waals surface area contributed by atoms with Crippen molar-refractivity contribution in [3.05, 3.63) is 5.89 Å². The van der Waals surface area contributed by atoms with Crippen LogP contribution in [-0.4, -0.2) is 57.6 Å². The second kappa shape index (κ2) is 7.13. The lowest BCUT2D eigenvalue weighted by molar-refractivity contribution is 0.0287. The number of likely N-dealkylation sites (tertiary alicyclic amines) is 1. The Morgan fingerprint density at radius 2 is 1.73 bits per heavy atom. The average molecular weight is 368 g/mol. The number of aromatic nitrogens is 2. The molecular formula is C17H28N4O5. The Kier molecular flexibility index (Phi) is 5.48. The number of amides is 2. The fourth-order valence-electron chi connectivity index (χ4n) is 2.52. The molecule has 9 heteroatoms. The molecule has 1 unspecified atom stereocenters. The van der Waals surface area contributed by atoms with E-state index in [9.17, 15) is 9.59 Å². The van der Waals surface area contributed by atoms with E-state index >= 15 is 0 Å². The molecule has 1 fully saturated rings. The lowest BCUT2D eigenvalue weighted by Crippen LogP contribution is -2.46. The Morgan fingerprint density at radius 1 is 1.12 bits per heavy atom. The Bertz CT molecular complexity index is 659. The van der Waals surface area contributed by atoms with E-state index in [1.807, 2.05) is 20.8 Å². The molecule has 0 N–H and O–H groups in total. The fourth-order valence-corrected chi connectivity index (χ4v) is 2.52. The smallest absolute Gasteiger partial charge is 0.418 e. The summed E-state index contributed by atoms with van der Waals surface area (Å²) >= 11 is 0. The molecule has 1 aliphatic rings. The topological polar surface area (TPSA) is 98.0 Å². The number of carbonyl (C=O) groups excluding carboxylic acids is 2. The maximum Gasteiger partial charge on any atom is 0.418 e. The molecule has 1 aliphatic heterocycles. The van der Waals surface area contributed by atoms with Gasteiger partial charge in [-0.2, -0.15) is 0 Å². The third kappa shape index (κ3) is 5.34. The van der Waals surface area contributed by atoms with E-state index in [0.29, 0.717) is 25.4 Å². The highest BCUT2D eigenvalue weighted by Gasteiger charge is 2.39. The number of carbonyl (C=O) groups is 2. The van der Waals surface area contributed by atoms with Crippen molar-refractivity contribution in [1.82, 2.24) is 15.1 Å². The zero-order valence-corrected chi connectivity index (χ0v) is 16.5. The monoisotopic (exact) mass is 368 g/mol. The van der Waals surface area contributed by atoms with Gasteiger partial charge in [0.05, 0.1) is 6.04 Å². The fraction of sp³-hybridized carbons (Fsp3) is 0.765. The molecule has 0 aromatic carbocycles. The van der Waals surface area contributed by atoms with Crippen LogP contribution in [0.4, 0.5) is 15.6 Å². The number of hydrogen-bond donors (Lipinski definition) is 0. The highest BCUT2D eigenvalue weighted by Crippen LogP contribution is 2.25. The van der Waals surface area contributed by atoms with E-state index in [4.69, 9.17) is 13.9 Å². The highest BCUT2D eigenvalue weighted by atomic mass is 16.6. The van der Waals surface area contributed by atoms with Gasteiger partial charge < -0.3 is 18.8 Å². The van der Waals surface area contributed by atoms with Gasteiger partial charge in [0.25, 0.3) is 0 Å². The summed E-state index contributed by atoms with van der Waals surface area (Å²) in [6.07, 6.45) is -0.442. The van der Waals surface area contributed by atoms with Crippen LogP contribution in [0.15, 0.2) is 4.42 Å². The first kappa shape index (κ1) is 20.0. The Morgan fingerprint density at radius 3 is 2.23 bits per heavy atom. The number of anilines is 1. The standard InChI is InChI=1S/C17H28N4O5/c1-11-18-19-13(24-11)21(15(23)26-17(5,6)7)12-8-9-20(10-12)14(22)25-16(2,3)4/h12H,8-10H2,1-7H3. The van der Waals surface area contributed by atoms with Gasteiger partial charge in [-0.3, -0.25) is 0 Å². The van der Waals surface area contributed by atoms with Gasteiger partial charge in [0, 0.05) is 20.0 Å². The van der Waals surface area contributed by atoms with Crippen LogP contribution < -0.4 is 4.90 Å². The molecule has 1 saturated heterocycles. The van der Waals surface area contributed by atoms with E-state index in [1.165, 1.54) is 4.90 Å². The van der Waals surface area contributed by atoms with Gasteiger partial charge in [-0.15, -0.1) is 5.10 Å². The van der Waals surface area contributed by atoms with Crippen LogP contribution in [0, 0.1) is 6.92 Å². The van der Waals surface area contributed by atoms with Crippen molar-refractivity contribution < 1.29 is 23.5 Å². The predicted molar refractivity (Wildman–Crippen MR) is 94.0 cm³/mol. The summed E-state index contributed by atoms with van der Waals surface area (Å²) in [6, 6.07) is -0.273. The van der Waals surface area contributed by atoms with E-state index in [1.54, 1.807) is 32.6 Å². The van der Waals surface area contributed by atoms with Gasteiger partial charge in [0.2, 0.25) is 5.89 Å². The van der Waals surface area contributed by atoms with Crippen LogP contribution in [0.1, 0.15) is 53.9 Å². The largest absolute Gasteiger partial charge is 0.444 e. The molecule has 1 aromatic heterocycles. The molecule has 2 heterocycles. The normalized spacial score (nSPS) is 18.0. The molecule has 26 heavy (non-hydrogen) atoms. The van der Waals surface area contributed by atoms with Crippen molar-refractivity contribution in [2.45, 2.75) is 72.1 Å². The number of ether oxygens (including phenoxy) is 2. The maximum absolute atomic E-state index is 12.7. The van der Waals surface area contributed by atoms with Crippen molar-refractivity contribution in [2.75, 3.05) is 18.0 Å². The summed E-state index contributed by atoms with van der Waals surface area (Å²) in [5.74, 6) is 0.343. The van der Waals surface area contributed by atoms with Crippen LogP contribution in [-0.2, 0) is 9.47 Å². The summed E-state index contributed by atoms with van der Waals surface area (Å²) < 4.78 is 16.3. The minimum Gasteiger partial charge on any atom is -0.444 e. The van der Waals surface area contributed by atoms with Crippen molar-refractivity contribution in [3.8, 4) is 0 Å².